The number of ether oxygens (including phenoxy) is 1. The third-order valence-electron chi connectivity index (χ3n) is 11.5. The SMILES string of the molecule is CC1CC2CC(C1)CC(C)(CC(=O)O[C@H]1[C@@H]3C(=C(O)[C@]4(O)C(=O)C(C(N)=O)=C(O)[C@@H](N(C)C)[C@H]14)C(=O)c1c(O)cccc1[C@H]3C)C2. The van der Waals surface area contributed by atoms with Crippen LogP contribution >= 0.6 is 0 Å². The number of likely N-dealkylation sites (N-methyl/N-ethyl adjacent to an activating group) is 1. The molecule has 0 spiro atoms. The first-order valence-electron chi connectivity index (χ1n) is 16.2. The monoisotopic (exact) mass is 636 g/mol. The number of phenolic OH excluding ortho intramolecular Hbond substituents is 1. The predicted molar refractivity (Wildman–Crippen MR) is 166 cm³/mol. The number of fused-ring (bicyclic) bond motifs is 5. The number of ketones is 2. The molecule has 248 valence electrons. The number of nitrogens with two attached hydrogens (primary N) is 1. The lowest BCUT2D eigenvalue weighted by atomic mass is 9.55. The number of rotatable bonds is 5. The third-order valence-corrected chi connectivity index (χ3v) is 11.5. The van der Waals surface area contributed by atoms with Crippen LogP contribution in [0.5, 0.6) is 5.75 Å². The van der Waals surface area contributed by atoms with E-state index in [1.807, 2.05) is 0 Å². The Balaban J connectivity index is 1.49. The molecule has 0 aliphatic heterocycles. The van der Waals surface area contributed by atoms with E-state index in [4.69, 9.17) is 10.5 Å². The van der Waals surface area contributed by atoms with E-state index < -0.39 is 76.0 Å². The first-order chi connectivity index (χ1) is 21.5. The lowest BCUT2D eigenvalue weighted by molar-refractivity contribution is -0.183. The number of aromatic hydroxyl groups is 1. The summed E-state index contributed by atoms with van der Waals surface area (Å²) >= 11 is 0. The molecule has 0 radical (unpaired) electrons. The number of carbonyl (C=O) groups excluding carboxylic acids is 4. The Morgan fingerprint density at radius 2 is 1.67 bits per heavy atom. The second-order valence-electron chi connectivity index (χ2n) is 15.2. The second-order valence-corrected chi connectivity index (χ2v) is 15.2. The van der Waals surface area contributed by atoms with Crippen molar-refractivity contribution in [3.05, 3.63) is 52.0 Å². The molecule has 1 aromatic rings. The van der Waals surface area contributed by atoms with Gasteiger partial charge in [0.2, 0.25) is 5.78 Å². The van der Waals surface area contributed by atoms with Crippen LogP contribution < -0.4 is 5.73 Å². The molecule has 1 amide bonds. The van der Waals surface area contributed by atoms with Gasteiger partial charge in [0, 0.05) is 11.5 Å². The average Bonchev–Trinajstić information content (AvgIpc) is 2.93. The Bertz CT molecular complexity index is 1580. The van der Waals surface area contributed by atoms with Gasteiger partial charge in [-0.1, -0.05) is 32.9 Å². The summed E-state index contributed by atoms with van der Waals surface area (Å²) in [6, 6.07) is 3.24. The lowest BCUT2D eigenvalue weighted by Crippen LogP contribution is -2.69. The molecule has 6 rings (SSSR count). The lowest BCUT2D eigenvalue weighted by Gasteiger charge is -2.54. The van der Waals surface area contributed by atoms with Crippen molar-refractivity contribution < 1.29 is 44.3 Å². The number of hydrogen-bond acceptors (Lipinski definition) is 10. The minimum atomic E-state index is -2.96. The summed E-state index contributed by atoms with van der Waals surface area (Å²) in [5.74, 6) is -7.79. The van der Waals surface area contributed by atoms with Crippen molar-refractivity contribution in [3.8, 4) is 5.75 Å². The van der Waals surface area contributed by atoms with Gasteiger partial charge in [0.1, 0.15) is 28.9 Å². The van der Waals surface area contributed by atoms with Crippen molar-refractivity contribution in [1.29, 1.82) is 0 Å². The summed E-state index contributed by atoms with van der Waals surface area (Å²) in [6.07, 6.45) is 3.76. The van der Waals surface area contributed by atoms with Crippen molar-refractivity contribution in [2.45, 2.75) is 83.0 Å². The number of benzene rings is 1. The third kappa shape index (κ3) is 4.68. The first-order valence-corrected chi connectivity index (χ1v) is 16.2. The van der Waals surface area contributed by atoms with Crippen LogP contribution in [-0.2, 0) is 19.1 Å². The molecule has 11 nitrogen and oxygen atoms in total. The highest BCUT2D eigenvalue weighted by Gasteiger charge is 2.68. The molecule has 2 bridgehead atoms. The van der Waals surface area contributed by atoms with Crippen LogP contribution in [0.15, 0.2) is 40.9 Å². The molecule has 11 heteroatoms. The van der Waals surface area contributed by atoms with Crippen LogP contribution in [0.2, 0.25) is 0 Å². The van der Waals surface area contributed by atoms with E-state index in [0.717, 1.165) is 32.1 Å². The van der Waals surface area contributed by atoms with E-state index in [9.17, 15) is 39.6 Å². The zero-order valence-corrected chi connectivity index (χ0v) is 26.9. The molecule has 2 fully saturated rings. The van der Waals surface area contributed by atoms with E-state index in [0.29, 0.717) is 23.3 Å². The Morgan fingerprint density at radius 1 is 1.04 bits per heavy atom. The summed E-state index contributed by atoms with van der Waals surface area (Å²) in [6.45, 7) is 6.11. The number of amides is 1. The summed E-state index contributed by atoms with van der Waals surface area (Å²) in [5.41, 5.74) is 1.24. The number of aliphatic hydroxyl groups excluding tert-OH is 2. The normalized spacial score (nSPS) is 38.7. The van der Waals surface area contributed by atoms with Crippen molar-refractivity contribution >= 4 is 23.4 Å². The number of carbonyl (C=O) groups is 4. The largest absolute Gasteiger partial charge is 0.510 e. The minimum Gasteiger partial charge on any atom is -0.510 e. The molecule has 2 unspecified atom stereocenters. The van der Waals surface area contributed by atoms with Gasteiger partial charge in [-0.25, -0.2) is 0 Å². The topological polar surface area (TPSA) is 188 Å². The molecule has 0 aromatic heterocycles. The molecule has 46 heavy (non-hydrogen) atoms. The van der Waals surface area contributed by atoms with E-state index in [1.54, 1.807) is 19.1 Å². The Kier molecular flexibility index (Phi) is 7.67. The van der Waals surface area contributed by atoms with Gasteiger partial charge in [-0.15, -0.1) is 0 Å². The summed E-state index contributed by atoms with van der Waals surface area (Å²) in [5, 5.41) is 46.1. The molecule has 5 aliphatic carbocycles. The second kappa shape index (κ2) is 10.9. The molecule has 0 heterocycles. The maximum Gasteiger partial charge on any atom is 0.306 e. The molecule has 0 saturated heterocycles. The molecule has 6 N–H and O–H groups in total. The standard InChI is InChI=1S/C35H44N2O9/c1-15-9-17-11-18(10-15)13-34(3,12-17)14-21(39)46-30-22-16(2)19-7-6-8-20(38)23(19)28(40)24(22)31(42)35(45)26(30)27(37(4)5)29(41)25(32(35)43)33(36)44/h6-8,15-18,22,26-27,30,38,41-42,45H,9-14H2,1-5H3,(H2,36,44)/t15?,16-,17?,18?,22+,26-,27+,30+,34?,35+/m1/s1. The molecular formula is C35H44N2O9. The molecule has 8 atom stereocenters. The number of primary amides is 1. The van der Waals surface area contributed by atoms with Gasteiger partial charge >= 0.3 is 5.97 Å². The number of Topliss-reactive ketones (excluding diaryl/α,β-unsaturated/α-hetero) is 2. The highest BCUT2D eigenvalue weighted by atomic mass is 16.5. The highest BCUT2D eigenvalue weighted by molar-refractivity contribution is 6.25. The van der Waals surface area contributed by atoms with E-state index in [2.05, 4.69) is 13.8 Å². The van der Waals surface area contributed by atoms with Gasteiger partial charge in [-0.05, 0) is 86.9 Å². The van der Waals surface area contributed by atoms with Crippen molar-refractivity contribution in [1.82, 2.24) is 4.90 Å². The van der Waals surface area contributed by atoms with Gasteiger partial charge in [-0.2, -0.15) is 0 Å². The molecule has 1 aromatic carbocycles. The highest BCUT2D eigenvalue weighted by Crippen LogP contribution is 2.57. The van der Waals surface area contributed by atoms with Gasteiger partial charge < -0.3 is 30.9 Å². The fraction of sp³-hybridized carbons (Fsp3) is 0.600. The molecule has 2 saturated carbocycles. The quantitative estimate of drug-likeness (QED) is 0.237. The predicted octanol–water partition coefficient (Wildman–Crippen LogP) is 3.45. The number of aliphatic hydroxyl groups is 3. The summed E-state index contributed by atoms with van der Waals surface area (Å²) in [4.78, 5) is 56.0. The van der Waals surface area contributed by atoms with Crippen LogP contribution in [0.1, 0.15) is 81.1 Å². The molecule has 5 aliphatic rings. The number of hydrogen-bond donors (Lipinski definition) is 5. The maximum atomic E-state index is 14.1. The van der Waals surface area contributed by atoms with Gasteiger partial charge in [0.05, 0.1) is 23.9 Å². The van der Waals surface area contributed by atoms with E-state index >= 15 is 0 Å². The number of esters is 1. The number of nitrogens with zero attached hydrogens (tertiary/aromatic N) is 1. The van der Waals surface area contributed by atoms with Gasteiger partial charge in [0.15, 0.2) is 11.4 Å². The van der Waals surface area contributed by atoms with Crippen molar-refractivity contribution in [3.63, 3.8) is 0 Å². The van der Waals surface area contributed by atoms with E-state index in [-0.39, 0.29) is 28.7 Å². The maximum absolute atomic E-state index is 14.1. The van der Waals surface area contributed by atoms with Crippen LogP contribution in [-0.4, -0.2) is 80.6 Å². The fourth-order valence-electron chi connectivity index (χ4n) is 10.1. The zero-order chi connectivity index (χ0) is 33.6. The van der Waals surface area contributed by atoms with Crippen LogP contribution in [0.4, 0.5) is 0 Å². The van der Waals surface area contributed by atoms with Crippen LogP contribution in [0, 0.1) is 35.0 Å². The summed E-state index contributed by atoms with van der Waals surface area (Å²) < 4.78 is 6.30. The summed E-state index contributed by atoms with van der Waals surface area (Å²) in [7, 11) is 3.08. The van der Waals surface area contributed by atoms with Gasteiger partial charge in [0.25, 0.3) is 5.91 Å². The first kappa shape index (κ1) is 32.2. The van der Waals surface area contributed by atoms with Crippen LogP contribution in [0.3, 0.4) is 0 Å². The van der Waals surface area contributed by atoms with Gasteiger partial charge in [-0.3, -0.25) is 24.1 Å². The van der Waals surface area contributed by atoms with Crippen molar-refractivity contribution in [2.24, 2.45) is 40.7 Å². The fourth-order valence-corrected chi connectivity index (χ4v) is 10.1. The smallest absolute Gasteiger partial charge is 0.306 e. The van der Waals surface area contributed by atoms with E-state index in [1.165, 1.54) is 25.1 Å². The Hall–Kier alpha value is -3.70. The van der Waals surface area contributed by atoms with Crippen LogP contribution in [0.25, 0.3) is 0 Å². The Labute approximate surface area is 268 Å². The van der Waals surface area contributed by atoms with Crippen molar-refractivity contribution in [2.75, 3.05) is 14.1 Å². The number of phenols is 1. The average molecular weight is 637 g/mol. The Morgan fingerprint density at radius 3 is 2.26 bits per heavy atom. The minimum absolute atomic E-state index is 0.0718. The zero-order valence-electron chi connectivity index (χ0n) is 26.9. The molecular weight excluding hydrogens is 592 g/mol.